The fourth-order valence-electron chi connectivity index (χ4n) is 3.44. The molecule has 0 spiro atoms. The SMILES string of the molecule is C[N@+]1(Cc2ccccc2)CCCC1c1ccc(N)nc1. The molecule has 0 radical (unpaired) electrons. The molecule has 1 unspecified atom stereocenters. The molecule has 2 N–H and O–H groups in total. The van der Waals surface area contributed by atoms with Crippen LogP contribution < -0.4 is 5.73 Å². The lowest BCUT2D eigenvalue weighted by Gasteiger charge is -2.36. The topological polar surface area (TPSA) is 38.9 Å². The van der Waals surface area contributed by atoms with Crippen molar-refractivity contribution in [2.24, 2.45) is 0 Å². The van der Waals surface area contributed by atoms with Crippen molar-refractivity contribution in [3.8, 4) is 0 Å². The van der Waals surface area contributed by atoms with Crippen LogP contribution in [-0.2, 0) is 6.54 Å². The van der Waals surface area contributed by atoms with Crippen molar-refractivity contribution >= 4 is 5.82 Å². The smallest absolute Gasteiger partial charge is 0.123 e. The summed E-state index contributed by atoms with van der Waals surface area (Å²) in [5.41, 5.74) is 8.42. The zero-order valence-electron chi connectivity index (χ0n) is 12.0. The van der Waals surface area contributed by atoms with E-state index in [1.807, 2.05) is 12.3 Å². The van der Waals surface area contributed by atoms with Gasteiger partial charge in [0.2, 0.25) is 0 Å². The van der Waals surface area contributed by atoms with Crippen molar-refractivity contribution in [2.75, 3.05) is 19.3 Å². The van der Waals surface area contributed by atoms with E-state index in [0.717, 1.165) is 11.0 Å². The van der Waals surface area contributed by atoms with Gasteiger partial charge in [0.05, 0.1) is 13.6 Å². The summed E-state index contributed by atoms with van der Waals surface area (Å²) >= 11 is 0. The van der Waals surface area contributed by atoms with E-state index >= 15 is 0 Å². The molecule has 0 bridgehead atoms. The largest absolute Gasteiger partial charge is 0.384 e. The molecule has 1 aliphatic rings. The molecule has 3 rings (SSSR count). The van der Waals surface area contributed by atoms with Crippen LogP contribution in [-0.4, -0.2) is 23.1 Å². The molecule has 3 nitrogen and oxygen atoms in total. The number of aromatic nitrogens is 1. The van der Waals surface area contributed by atoms with Crippen LogP contribution in [0.1, 0.15) is 30.0 Å². The van der Waals surface area contributed by atoms with Gasteiger partial charge in [0.25, 0.3) is 0 Å². The molecule has 1 aromatic carbocycles. The number of quaternary nitrogens is 1. The molecular weight excluding hydrogens is 246 g/mol. The first-order valence-corrected chi connectivity index (χ1v) is 7.27. The van der Waals surface area contributed by atoms with Gasteiger partial charge in [-0.25, -0.2) is 4.98 Å². The number of likely N-dealkylation sites (tertiary alicyclic amines) is 1. The third-order valence-electron chi connectivity index (χ3n) is 4.48. The highest BCUT2D eigenvalue weighted by molar-refractivity contribution is 5.30. The number of hydrogen-bond acceptors (Lipinski definition) is 2. The molecule has 1 aliphatic heterocycles. The molecule has 2 heterocycles. The lowest BCUT2D eigenvalue weighted by Crippen LogP contribution is -2.42. The van der Waals surface area contributed by atoms with Crippen LogP contribution in [0.4, 0.5) is 5.82 Å². The zero-order chi connectivity index (χ0) is 14.0. The molecule has 1 saturated heterocycles. The second kappa shape index (κ2) is 5.25. The molecular formula is C17H22N3+. The average molecular weight is 268 g/mol. The maximum Gasteiger partial charge on any atom is 0.123 e. The Morgan fingerprint density at radius 2 is 2.00 bits per heavy atom. The summed E-state index contributed by atoms with van der Waals surface area (Å²) in [6.45, 7) is 2.31. The van der Waals surface area contributed by atoms with Crippen LogP contribution in [0.2, 0.25) is 0 Å². The number of pyridine rings is 1. The van der Waals surface area contributed by atoms with E-state index in [4.69, 9.17) is 5.73 Å². The number of nitrogens with two attached hydrogens (primary N) is 1. The molecule has 1 fully saturated rings. The van der Waals surface area contributed by atoms with Crippen LogP contribution >= 0.6 is 0 Å². The molecule has 0 saturated carbocycles. The molecule has 0 aliphatic carbocycles. The van der Waals surface area contributed by atoms with Gasteiger partial charge in [0.15, 0.2) is 0 Å². The first-order valence-electron chi connectivity index (χ1n) is 7.27. The van der Waals surface area contributed by atoms with E-state index in [0.29, 0.717) is 11.9 Å². The van der Waals surface area contributed by atoms with Crippen LogP contribution in [0.25, 0.3) is 0 Å². The van der Waals surface area contributed by atoms with E-state index in [2.05, 4.69) is 48.4 Å². The van der Waals surface area contributed by atoms with Gasteiger partial charge < -0.3 is 10.2 Å². The van der Waals surface area contributed by atoms with Gasteiger partial charge >= 0.3 is 0 Å². The zero-order valence-corrected chi connectivity index (χ0v) is 12.0. The van der Waals surface area contributed by atoms with Gasteiger partial charge in [-0.05, 0) is 12.1 Å². The van der Waals surface area contributed by atoms with E-state index in [-0.39, 0.29) is 0 Å². The average Bonchev–Trinajstić information content (AvgIpc) is 2.82. The van der Waals surface area contributed by atoms with Crippen LogP contribution in [0, 0.1) is 0 Å². The maximum absolute atomic E-state index is 5.70. The van der Waals surface area contributed by atoms with Crippen molar-refractivity contribution in [2.45, 2.75) is 25.4 Å². The number of nitrogen functional groups attached to an aromatic ring is 1. The van der Waals surface area contributed by atoms with E-state index in [9.17, 15) is 0 Å². The van der Waals surface area contributed by atoms with Crippen LogP contribution in [0.15, 0.2) is 48.7 Å². The Morgan fingerprint density at radius 1 is 1.20 bits per heavy atom. The van der Waals surface area contributed by atoms with Crippen LogP contribution in [0.5, 0.6) is 0 Å². The van der Waals surface area contributed by atoms with Crippen molar-refractivity contribution in [3.63, 3.8) is 0 Å². The first-order chi connectivity index (χ1) is 9.67. The minimum Gasteiger partial charge on any atom is -0.384 e. The quantitative estimate of drug-likeness (QED) is 0.869. The highest BCUT2D eigenvalue weighted by Crippen LogP contribution is 2.39. The summed E-state index contributed by atoms with van der Waals surface area (Å²) in [5, 5.41) is 0. The van der Waals surface area contributed by atoms with Gasteiger partial charge in [-0.1, -0.05) is 30.3 Å². The fraction of sp³-hybridized carbons (Fsp3) is 0.353. The van der Waals surface area contributed by atoms with Crippen molar-refractivity contribution < 1.29 is 4.48 Å². The summed E-state index contributed by atoms with van der Waals surface area (Å²) in [7, 11) is 2.36. The van der Waals surface area contributed by atoms with E-state index < -0.39 is 0 Å². The number of anilines is 1. The third-order valence-corrected chi connectivity index (χ3v) is 4.48. The van der Waals surface area contributed by atoms with Gasteiger partial charge in [-0.15, -0.1) is 0 Å². The van der Waals surface area contributed by atoms with Gasteiger partial charge in [0, 0.05) is 30.2 Å². The molecule has 2 atom stereocenters. The highest BCUT2D eigenvalue weighted by Gasteiger charge is 2.39. The highest BCUT2D eigenvalue weighted by atomic mass is 15.4. The standard InChI is InChI=1S/C17H22N3/c1-20(13-14-6-3-2-4-7-14)11-5-8-16(20)15-9-10-17(18)19-12-15/h2-4,6-7,9-10,12,16H,5,8,11,13H2,1H3,(H2,18,19)/q+1/t16?,20-/m1/s1. The molecule has 1 aromatic heterocycles. The molecule has 104 valence electrons. The third kappa shape index (κ3) is 2.54. The van der Waals surface area contributed by atoms with Crippen molar-refractivity contribution in [1.82, 2.24) is 4.98 Å². The predicted octanol–water partition coefficient (Wildman–Crippen LogP) is 3.15. The van der Waals surface area contributed by atoms with Crippen LogP contribution in [0.3, 0.4) is 0 Å². The first kappa shape index (κ1) is 13.1. The lowest BCUT2D eigenvalue weighted by atomic mass is 10.0. The number of benzene rings is 1. The maximum atomic E-state index is 5.70. The van der Waals surface area contributed by atoms with Crippen molar-refractivity contribution in [3.05, 3.63) is 59.8 Å². The lowest BCUT2D eigenvalue weighted by molar-refractivity contribution is -0.939. The number of nitrogens with zero attached hydrogens (tertiary/aromatic N) is 2. The molecule has 0 amide bonds. The molecule has 2 aromatic rings. The Morgan fingerprint density at radius 3 is 2.70 bits per heavy atom. The van der Waals surface area contributed by atoms with E-state index in [1.54, 1.807) is 0 Å². The Hall–Kier alpha value is -1.87. The minimum absolute atomic E-state index is 0.531. The monoisotopic (exact) mass is 268 g/mol. The minimum atomic E-state index is 0.531. The van der Waals surface area contributed by atoms with Gasteiger partial charge in [-0.3, -0.25) is 0 Å². The predicted molar refractivity (Wildman–Crippen MR) is 81.8 cm³/mol. The second-order valence-corrected chi connectivity index (χ2v) is 6.02. The summed E-state index contributed by atoms with van der Waals surface area (Å²) in [6.07, 6.45) is 4.46. The Labute approximate surface area is 120 Å². The Balaban J connectivity index is 1.85. The molecule has 20 heavy (non-hydrogen) atoms. The molecule has 3 heteroatoms. The van der Waals surface area contributed by atoms with Gasteiger partial charge in [-0.2, -0.15) is 0 Å². The Kier molecular flexibility index (Phi) is 3.45. The number of rotatable bonds is 3. The summed E-state index contributed by atoms with van der Waals surface area (Å²) < 4.78 is 1.07. The second-order valence-electron chi connectivity index (χ2n) is 6.02. The summed E-state index contributed by atoms with van der Waals surface area (Å²) in [5.74, 6) is 0.601. The van der Waals surface area contributed by atoms with Gasteiger partial charge in [0.1, 0.15) is 18.4 Å². The number of hydrogen-bond donors (Lipinski definition) is 1. The fourth-order valence-corrected chi connectivity index (χ4v) is 3.44. The normalized spacial score (nSPS) is 25.8. The van der Waals surface area contributed by atoms with Crippen molar-refractivity contribution in [1.29, 1.82) is 0 Å². The van der Waals surface area contributed by atoms with E-state index in [1.165, 1.54) is 30.5 Å². The summed E-state index contributed by atoms with van der Waals surface area (Å²) in [4.78, 5) is 4.26. The Bertz CT molecular complexity index is 565. The summed E-state index contributed by atoms with van der Waals surface area (Å²) in [6, 6.07) is 15.4.